The number of anilines is 2. The fourth-order valence-corrected chi connectivity index (χ4v) is 5.59. The van der Waals surface area contributed by atoms with Gasteiger partial charge in [-0.1, -0.05) is 48.2 Å². The number of rotatable bonds is 4. The Hall–Kier alpha value is -3.30. The van der Waals surface area contributed by atoms with E-state index in [1.165, 1.54) is 16.1 Å². The maximum Gasteiger partial charge on any atom is 0.268 e. The van der Waals surface area contributed by atoms with E-state index >= 15 is 0 Å². The zero-order chi connectivity index (χ0) is 22.0. The highest BCUT2D eigenvalue weighted by atomic mass is 32.2. The predicted molar refractivity (Wildman–Crippen MR) is 125 cm³/mol. The standard InChI is InChI=1S/C22H20N4O3S2/c1-30-22-25-19-8-4-5-9-20(19)31(28,29)26(22)14-15-10-12-16(13-11-15)21(27)24-18-7-3-2-6-17(18)23/h2-13H,14,23H2,1H3,(H,24,27). The van der Waals surface area contributed by atoms with E-state index in [-0.39, 0.29) is 17.3 Å². The minimum absolute atomic E-state index is 0.115. The van der Waals surface area contributed by atoms with Gasteiger partial charge in [-0.25, -0.2) is 17.7 Å². The molecule has 1 aliphatic heterocycles. The Morgan fingerprint density at radius 2 is 1.71 bits per heavy atom. The average Bonchev–Trinajstić information content (AvgIpc) is 2.77. The lowest BCUT2D eigenvalue weighted by atomic mass is 10.1. The molecule has 0 aliphatic carbocycles. The van der Waals surface area contributed by atoms with Crippen LogP contribution in [-0.2, 0) is 16.6 Å². The molecule has 1 aliphatic rings. The number of hydrogen-bond acceptors (Lipinski definition) is 6. The molecule has 7 nitrogen and oxygen atoms in total. The third kappa shape index (κ3) is 4.14. The van der Waals surface area contributed by atoms with Crippen molar-refractivity contribution in [2.75, 3.05) is 17.3 Å². The van der Waals surface area contributed by atoms with Gasteiger partial charge in [0.25, 0.3) is 15.9 Å². The Bertz CT molecular complexity index is 1270. The first-order valence-electron chi connectivity index (χ1n) is 9.39. The van der Waals surface area contributed by atoms with Gasteiger partial charge in [0, 0.05) is 5.56 Å². The summed E-state index contributed by atoms with van der Waals surface area (Å²) in [5.41, 5.74) is 8.51. The van der Waals surface area contributed by atoms with Gasteiger partial charge in [0.15, 0.2) is 5.17 Å². The van der Waals surface area contributed by atoms with E-state index in [0.717, 1.165) is 5.56 Å². The summed E-state index contributed by atoms with van der Waals surface area (Å²) in [6, 6.07) is 20.5. The van der Waals surface area contributed by atoms with Crippen molar-refractivity contribution in [3.8, 4) is 0 Å². The van der Waals surface area contributed by atoms with Crippen molar-refractivity contribution in [1.82, 2.24) is 4.31 Å². The Morgan fingerprint density at radius 1 is 1.03 bits per heavy atom. The minimum Gasteiger partial charge on any atom is -0.397 e. The molecule has 3 aromatic carbocycles. The molecule has 158 valence electrons. The molecule has 0 aromatic heterocycles. The molecule has 0 saturated heterocycles. The maximum atomic E-state index is 13.1. The number of thioether (sulfide) groups is 1. The van der Waals surface area contributed by atoms with Crippen molar-refractivity contribution >= 4 is 49.9 Å². The maximum absolute atomic E-state index is 13.1. The summed E-state index contributed by atoms with van der Waals surface area (Å²) in [7, 11) is -3.73. The largest absolute Gasteiger partial charge is 0.397 e. The van der Waals surface area contributed by atoms with E-state index in [0.29, 0.717) is 27.8 Å². The van der Waals surface area contributed by atoms with Gasteiger partial charge in [-0.2, -0.15) is 0 Å². The molecule has 1 amide bonds. The van der Waals surface area contributed by atoms with Crippen molar-refractivity contribution in [3.05, 3.63) is 83.9 Å². The Labute approximate surface area is 185 Å². The first-order chi connectivity index (χ1) is 14.9. The molecule has 3 aromatic rings. The lowest BCUT2D eigenvalue weighted by Crippen LogP contribution is -2.36. The molecule has 3 N–H and O–H groups in total. The van der Waals surface area contributed by atoms with Crippen LogP contribution < -0.4 is 11.1 Å². The summed E-state index contributed by atoms with van der Waals surface area (Å²) in [4.78, 5) is 17.2. The number of nitrogen functional groups attached to an aromatic ring is 1. The topological polar surface area (TPSA) is 105 Å². The number of para-hydroxylation sites is 3. The van der Waals surface area contributed by atoms with Crippen LogP contribution >= 0.6 is 11.8 Å². The van der Waals surface area contributed by atoms with Crippen LogP contribution in [0.2, 0.25) is 0 Å². The second-order valence-electron chi connectivity index (χ2n) is 6.82. The number of carbonyl (C=O) groups excluding carboxylic acids is 1. The van der Waals surface area contributed by atoms with Crippen LogP contribution in [0, 0.1) is 0 Å². The number of sulfonamides is 1. The van der Waals surface area contributed by atoms with Crippen molar-refractivity contribution in [3.63, 3.8) is 0 Å². The molecule has 0 bridgehead atoms. The number of amidine groups is 1. The molecule has 31 heavy (non-hydrogen) atoms. The van der Waals surface area contributed by atoms with Gasteiger partial charge in [0.2, 0.25) is 0 Å². The van der Waals surface area contributed by atoms with Crippen LogP contribution in [0.5, 0.6) is 0 Å². The van der Waals surface area contributed by atoms with E-state index < -0.39 is 10.0 Å². The molecule has 9 heteroatoms. The smallest absolute Gasteiger partial charge is 0.268 e. The monoisotopic (exact) mass is 452 g/mol. The highest BCUT2D eigenvalue weighted by Crippen LogP contribution is 2.35. The molecule has 0 unspecified atom stereocenters. The fraction of sp³-hybridized carbons (Fsp3) is 0.0909. The Balaban J connectivity index is 1.55. The van der Waals surface area contributed by atoms with Gasteiger partial charge < -0.3 is 11.1 Å². The number of nitrogens with zero attached hydrogens (tertiary/aromatic N) is 2. The van der Waals surface area contributed by atoms with Gasteiger partial charge in [0.05, 0.1) is 23.6 Å². The van der Waals surface area contributed by atoms with Crippen LogP contribution in [0.25, 0.3) is 0 Å². The summed E-state index contributed by atoms with van der Waals surface area (Å²) in [6.07, 6.45) is 1.79. The number of carbonyl (C=O) groups is 1. The highest BCUT2D eigenvalue weighted by Gasteiger charge is 2.33. The molecular formula is C22H20N4O3S2. The van der Waals surface area contributed by atoms with Gasteiger partial charge >= 0.3 is 0 Å². The summed E-state index contributed by atoms with van der Waals surface area (Å²) >= 11 is 1.27. The van der Waals surface area contributed by atoms with Crippen LogP contribution in [0.4, 0.5) is 17.1 Å². The van der Waals surface area contributed by atoms with Crippen LogP contribution in [0.3, 0.4) is 0 Å². The van der Waals surface area contributed by atoms with E-state index in [9.17, 15) is 13.2 Å². The third-order valence-corrected chi connectivity index (χ3v) is 7.37. The molecule has 0 saturated carbocycles. The summed E-state index contributed by atoms with van der Waals surface area (Å²) < 4.78 is 27.6. The minimum atomic E-state index is -3.73. The van der Waals surface area contributed by atoms with Gasteiger partial charge in [0.1, 0.15) is 4.90 Å². The summed E-state index contributed by atoms with van der Waals surface area (Å²) in [5.74, 6) is -0.296. The summed E-state index contributed by atoms with van der Waals surface area (Å²) in [5, 5.41) is 3.18. The van der Waals surface area contributed by atoms with Crippen molar-refractivity contribution < 1.29 is 13.2 Å². The number of aliphatic imine (C=N–C) groups is 1. The van der Waals surface area contributed by atoms with Gasteiger partial charge in [-0.15, -0.1) is 0 Å². The van der Waals surface area contributed by atoms with Gasteiger partial charge in [-0.3, -0.25) is 4.79 Å². The number of fused-ring (bicyclic) bond motifs is 1. The number of amides is 1. The molecular weight excluding hydrogens is 432 g/mol. The number of nitrogens with one attached hydrogen (secondary N) is 1. The van der Waals surface area contributed by atoms with Crippen molar-refractivity contribution in [2.24, 2.45) is 4.99 Å². The van der Waals surface area contributed by atoms with E-state index in [2.05, 4.69) is 10.3 Å². The number of hydrogen-bond donors (Lipinski definition) is 2. The SMILES string of the molecule is CSC1=Nc2ccccc2S(=O)(=O)N1Cc1ccc(C(=O)Nc2ccccc2N)cc1. The zero-order valence-corrected chi connectivity index (χ0v) is 18.3. The van der Waals surface area contributed by atoms with Gasteiger partial charge in [-0.05, 0) is 48.2 Å². The van der Waals surface area contributed by atoms with E-state index in [4.69, 9.17) is 5.73 Å². The molecule has 0 fully saturated rings. The van der Waals surface area contributed by atoms with Crippen LogP contribution in [0.1, 0.15) is 15.9 Å². The Morgan fingerprint density at radius 3 is 2.42 bits per heavy atom. The molecule has 4 rings (SSSR count). The molecule has 1 heterocycles. The van der Waals surface area contributed by atoms with E-state index in [1.54, 1.807) is 79.1 Å². The van der Waals surface area contributed by atoms with E-state index in [1.807, 2.05) is 0 Å². The van der Waals surface area contributed by atoms with Crippen LogP contribution in [-0.4, -0.2) is 30.1 Å². The lowest BCUT2D eigenvalue weighted by Gasteiger charge is -2.28. The quantitative estimate of drug-likeness (QED) is 0.581. The van der Waals surface area contributed by atoms with Crippen molar-refractivity contribution in [2.45, 2.75) is 11.4 Å². The second kappa shape index (κ2) is 8.44. The molecule has 0 radical (unpaired) electrons. The normalized spacial score (nSPS) is 14.5. The fourth-order valence-electron chi connectivity index (χ4n) is 3.18. The van der Waals surface area contributed by atoms with Crippen molar-refractivity contribution in [1.29, 1.82) is 0 Å². The lowest BCUT2D eigenvalue weighted by molar-refractivity contribution is 0.102. The van der Waals surface area contributed by atoms with Crippen LogP contribution in [0.15, 0.2) is 82.7 Å². The summed E-state index contributed by atoms with van der Waals surface area (Å²) in [6.45, 7) is 0.115. The second-order valence-corrected chi connectivity index (χ2v) is 9.42. The first kappa shape index (κ1) is 21.0. The number of nitrogens with two attached hydrogens (primary N) is 1. The highest BCUT2D eigenvalue weighted by molar-refractivity contribution is 8.14. The molecule has 0 spiro atoms. The predicted octanol–water partition coefficient (Wildman–Crippen LogP) is 4.08. The molecule has 0 atom stereocenters. The number of benzene rings is 3. The average molecular weight is 453 g/mol. The third-order valence-electron chi connectivity index (χ3n) is 4.80. The zero-order valence-electron chi connectivity index (χ0n) is 16.6. The first-order valence-corrected chi connectivity index (χ1v) is 12.1. The Kier molecular flexibility index (Phi) is 5.71.